The van der Waals surface area contributed by atoms with Crippen LogP contribution in [0.3, 0.4) is 0 Å². The summed E-state index contributed by atoms with van der Waals surface area (Å²) in [7, 11) is 0. The van der Waals surface area contributed by atoms with Gasteiger partial charge in [-0.3, -0.25) is 9.59 Å². The smallest absolute Gasteiger partial charge is 0.255 e. The molecule has 5 heteroatoms. The highest BCUT2D eigenvalue weighted by molar-refractivity contribution is 6.04. The van der Waals surface area contributed by atoms with Crippen LogP contribution in [0.4, 0.5) is 17.1 Å². The highest BCUT2D eigenvalue weighted by atomic mass is 16.2. The molecule has 0 spiro atoms. The van der Waals surface area contributed by atoms with Gasteiger partial charge in [-0.15, -0.1) is 0 Å². The molecule has 0 aliphatic rings. The summed E-state index contributed by atoms with van der Waals surface area (Å²) < 4.78 is 0. The maximum Gasteiger partial charge on any atom is 0.255 e. The van der Waals surface area contributed by atoms with Crippen molar-refractivity contribution in [1.82, 2.24) is 0 Å². The lowest BCUT2D eigenvalue weighted by Gasteiger charge is -2.12. The van der Waals surface area contributed by atoms with E-state index in [4.69, 9.17) is 0 Å². The Hall–Kier alpha value is -3.60. The van der Waals surface area contributed by atoms with E-state index in [1.807, 2.05) is 30.3 Å². The molecule has 0 radical (unpaired) electrons. The summed E-state index contributed by atoms with van der Waals surface area (Å²) in [6, 6.07) is 22.8. The van der Waals surface area contributed by atoms with Gasteiger partial charge in [0.15, 0.2) is 0 Å². The van der Waals surface area contributed by atoms with Crippen molar-refractivity contribution in [2.24, 2.45) is 0 Å². The Morgan fingerprint density at radius 1 is 0.828 bits per heavy atom. The predicted molar refractivity (Wildman–Crippen MR) is 118 cm³/mol. The molecule has 0 aliphatic heterocycles. The predicted octanol–water partition coefficient (Wildman–Crippen LogP) is 5.07. The molecule has 0 aliphatic carbocycles. The van der Waals surface area contributed by atoms with E-state index in [1.54, 1.807) is 30.3 Å². The van der Waals surface area contributed by atoms with Gasteiger partial charge in [0, 0.05) is 36.1 Å². The molecule has 3 aromatic rings. The first-order chi connectivity index (χ1) is 14.0. The zero-order chi connectivity index (χ0) is 20.6. The van der Waals surface area contributed by atoms with Gasteiger partial charge in [-0.2, -0.15) is 0 Å². The number of hydrogen-bond acceptors (Lipinski definition) is 3. The Morgan fingerprint density at radius 2 is 1.52 bits per heavy atom. The molecule has 0 aromatic heterocycles. The van der Waals surface area contributed by atoms with Crippen molar-refractivity contribution in [3.63, 3.8) is 0 Å². The molecule has 0 bridgehead atoms. The van der Waals surface area contributed by atoms with Crippen molar-refractivity contribution in [2.75, 3.05) is 16.0 Å². The summed E-state index contributed by atoms with van der Waals surface area (Å²) in [4.78, 5) is 23.7. The number of carbonyl (C=O) groups excluding carboxylic acids is 2. The minimum atomic E-state index is -0.173. The second kappa shape index (κ2) is 9.55. The molecule has 3 aromatic carbocycles. The van der Waals surface area contributed by atoms with E-state index >= 15 is 0 Å². The van der Waals surface area contributed by atoms with Crippen LogP contribution >= 0.6 is 0 Å². The van der Waals surface area contributed by atoms with E-state index in [0.717, 1.165) is 17.7 Å². The molecule has 0 fully saturated rings. The zero-order valence-electron chi connectivity index (χ0n) is 16.7. The lowest BCUT2D eigenvalue weighted by atomic mass is 10.1. The van der Waals surface area contributed by atoms with Crippen LogP contribution in [-0.4, -0.2) is 11.8 Å². The van der Waals surface area contributed by atoms with E-state index in [0.29, 0.717) is 23.5 Å². The van der Waals surface area contributed by atoms with Crippen LogP contribution in [0.15, 0.2) is 72.8 Å². The number of amides is 2. The Bertz CT molecular complexity index is 997. The number of carbonyl (C=O) groups is 2. The lowest BCUT2D eigenvalue weighted by Crippen LogP contribution is -2.13. The first-order valence-corrected chi connectivity index (χ1v) is 9.65. The minimum absolute atomic E-state index is 0.131. The normalized spacial score (nSPS) is 10.3. The van der Waals surface area contributed by atoms with Crippen LogP contribution in [0.25, 0.3) is 0 Å². The molecular weight excluding hydrogens is 362 g/mol. The summed E-state index contributed by atoms with van der Waals surface area (Å²) in [5.41, 5.74) is 5.37. The average molecular weight is 387 g/mol. The van der Waals surface area contributed by atoms with Crippen LogP contribution in [0.5, 0.6) is 0 Å². The Balaban J connectivity index is 1.64. The Morgan fingerprint density at radius 3 is 2.21 bits per heavy atom. The molecule has 148 valence electrons. The minimum Gasteiger partial charge on any atom is -0.381 e. The van der Waals surface area contributed by atoms with Gasteiger partial charge in [0.2, 0.25) is 5.91 Å². The average Bonchev–Trinajstić information content (AvgIpc) is 2.73. The molecule has 3 rings (SSSR count). The SMILES string of the molecule is CCc1ccccc1NCc1cccc(C(=O)Nc2ccc(NC(C)=O)cc2)c1. The highest BCUT2D eigenvalue weighted by Crippen LogP contribution is 2.18. The first kappa shape index (κ1) is 20.1. The number of benzene rings is 3. The third-order valence-electron chi connectivity index (χ3n) is 4.53. The maximum atomic E-state index is 12.6. The topological polar surface area (TPSA) is 70.2 Å². The molecular formula is C24H25N3O2. The van der Waals surface area contributed by atoms with Gasteiger partial charge in [0.1, 0.15) is 0 Å². The van der Waals surface area contributed by atoms with Crippen LogP contribution in [0.1, 0.15) is 35.3 Å². The van der Waals surface area contributed by atoms with E-state index in [1.165, 1.54) is 12.5 Å². The second-order valence-electron chi connectivity index (χ2n) is 6.78. The van der Waals surface area contributed by atoms with Crippen molar-refractivity contribution in [3.05, 3.63) is 89.5 Å². The number of rotatable bonds is 7. The van der Waals surface area contributed by atoms with E-state index in [-0.39, 0.29) is 11.8 Å². The van der Waals surface area contributed by atoms with Gasteiger partial charge >= 0.3 is 0 Å². The largest absolute Gasteiger partial charge is 0.381 e. The third kappa shape index (κ3) is 5.69. The zero-order valence-corrected chi connectivity index (χ0v) is 16.7. The Kier molecular flexibility index (Phi) is 6.63. The fourth-order valence-electron chi connectivity index (χ4n) is 3.06. The van der Waals surface area contributed by atoms with E-state index in [2.05, 4.69) is 35.0 Å². The van der Waals surface area contributed by atoms with Crippen LogP contribution in [0.2, 0.25) is 0 Å². The number of hydrogen-bond donors (Lipinski definition) is 3. The molecule has 5 nitrogen and oxygen atoms in total. The third-order valence-corrected chi connectivity index (χ3v) is 4.53. The fourth-order valence-corrected chi connectivity index (χ4v) is 3.06. The number of nitrogens with one attached hydrogen (secondary N) is 3. The molecule has 0 saturated carbocycles. The van der Waals surface area contributed by atoms with Crippen molar-refractivity contribution < 1.29 is 9.59 Å². The van der Waals surface area contributed by atoms with Crippen molar-refractivity contribution in [3.8, 4) is 0 Å². The molecule has 29 heavy (non-hydrogen) atoms. The summed E-state index contributed by atoms with van der Waals surface area (Å²) in [6.45, 7) is 4.23. The van der Waals surface area contributed by atoms with E-state index in [9.17, 15) is 9.59 Å². The quantitative estimate of drug-likeness (QED) is 0.530. The van der Waals surface area contributed by atoms with Gasteiger partial charge in [0.05, 0.1) is 0 Å². The molecule has 0 heterocycles. The standard InChI is InChI=1S/C24H25N3O2/c1-3-19-8-4-5-10-23(19)25-16-18-7-6-9-20(15-18)24(29)27-22-13-11-21(12-14-22)26-17(2)28/h4-15,25H,3,16H2,1-2H3,(H,26,28)(H,27,29). The Labute approximate surface area is 171 Å². The number of anilines is 3. The monoisotopic (exact) mass is 387 g/mol. The van der Waals surface area contributed by atoms with Crippen molar-refractivity contribution >= 4 is 28.9 Å². The molecule has 0 saturated heterocycles. The summed E-state index contributed by atoms with van der Waals surface area (Å²) >= 11 is 0. The lowest BCUT2D eigenvalue weighted by molar-refractivity contribution is -0.114. The summed E-state index contributed by atoms with van der Waals surface area (Å²) in [5.74, 6) is -0.304. The van der Waals surface area contributed by atoms with Crippen LogP contribution in [0, 0.1) is 0 Å². The van der Waals surface area contributed by atoms with Gasteiger partial charge in [0.25, 0.3) is 5.91 Å². The molecule has 3 N–H and O–H groups in total. The number of para-hydroxylation sites is 1. The van der Waals surface area contributed by atoms with Gasteiger partial charge in [-0.1, -0.05) is 37.3 Å². The summed E-state index contributed by atoms with van der Waals surface area (Å²) in [6.07, 6.45) is 0.965. The summed E-state index contributed by atoms with van der Waals surface area (Å²) in [5, 5.41) is 9.04. The van der Waals surface area contributed by atoms with Crippen LogP contribution in [-0.2, 0) is 17.8 Å². The second-order valence-corrected chi connectivity index (χ2v) is 6.78. The van der Waals surface area contributed by atoms with Gasteiger partial charge in [-0.05, 0) is 60.0 Å². The highest BCUT2D eigenvalue weighted by Gasteiger charge is 2.08. The first-order valence-electron chi connectivity index (χ1n) is 9.65. The van der Waals surface area contributed by atoms with Crippen molar-refractivity contribution in [1.29, 1.82) is 0 Å². The molecule has 0 unspecified atom stereocenters. The fraction of sp³-hybridized carbons (Fsp3) is 0.167. The van der Waals surface area contributed by atoms with Gasteiger partial charge in [-0.25, -0.2) is 0 Å². The van der Waals surface area contributed by atoms with Crippen LogP contribution < -0.4 is 16.0 Å². The molecule has 2 amide bonds. The molecule has 0 atom stereocenters. The number of aryl methyl sites for hydroxylation is 1. The van der Waals surface area contributed by atoms with E-state index < -0.39 is 0 Å². The van der Waals surface area contributed by atoms with Crippen molar-refractivity contribution in [2.45, 2.75) is 26.8 Å². The van der Waals surface area contributed by atoms with Gasteiger partial charge < -0.3 is 16.0 Å². The maximum absolute atomic E-state index is 12.6.